The third kappa shape index (κ3) is 7.72. The molecule has 35 heavy (non-hydrogen) atoms. The van der Waals surface area contributed by atoms with Crippen molar-refractivity contribution < 1.29 is 19.1 Å². The Bertz CT molecular complexity index is 1060. The Morgan fingerprint density at radius 1 is 1.23 bits per heavy atom. The smallest absolute Gasteiger partial charge is 0.410 e. The maximum absolute atomic E-state index is 12.9. The van der Waals surface area contributed by atoms with Gasteiger partial charge in [0.25, 0.3) is 0 Å². The summed E-state index contributed by atoms with van der Waals surface area (Å²) in [7, 11) is 0. The number of likely N-dealkylation sites (tertiary alicyclic amines) is 1. The van der Waals surface area contributed by atoms with E-state index in [1.54, 1.807) is 4.90 Å². The van der Waals surface area contributed by atoms with Gasteiger partial charge in [0, 0.05) is 17.8 Å². The van der Waals surface area contributed by atoms with Gasteiger partial charge < -0.3 is 19.7 Å². The van der Waals surface area contributed by atoms with Gasteiger partial charge in [0.15, 0.2) is 0 Å². The lowest BCUT2D eigenvalue weighted by Gasteiger charge is -2.30. The van der Waals surface area contributed by atoms with Crippen molar-refractivity contribution >= 4 is 29.9 Å². The number of aryl methyl sites for hydroxylation is 1. The normalized spacial score (nSPS) is 18.0. The van der Waals surface area contributed by atoms with Gasteiger partial charge in [0.1, 0.15) is 17.4 Å². The minimum atomic E-state index is -0.837. The van der Waals surface area contributed by atoms with Crippen LogP contribution in [0.3, 0.4) is 0 Å². The van der Waals surface area contributed by atoms with Gasteiger partial charge in [-0.3, -0.25) is 0 Å². The number of rotatable bonds is 8. The summed E-state index contributed by atoms with van der Waals surface area (Å²) in [5.74, 6) is 0. The van der Waals surface area contributed by atoms with E-state index < -0.39 is 23.3 Å². The predicted molar refractivity (Wildman–Crippen MR) is 137 cm³/mol. The maximum atomic E-state index is 12.9. The average Bonchev–Trinajstić information content (AvgIpc) is 3.22. The Labute approximate surface area is 212 Å². The number of carbonyl (C=O) groups is 2. The van der Waals surface area contributed by atoms with Gasteiger partial charge >= 0.3 is 12.2 Å². The highest BCUT2D eigenvalue weighted by atomic mass is 35.5. The number of pyridine rings is 1. The Kier molecular flexibility index (Phi) is 8.78. The fraction of sp³-hybridized carbons (Fsp3) is 0.444. The van der Waals surface area contributed by atoms with Crippen molar-refractivity contribution in [1.29, 1.82) is 0 Å². The van der Waals surface area contributed by atoms with Gasteiger partial charge in [0.05, 0.1) is 12.1 Å². The number of halogens is 1. The van der Waals surface area contributed by atoms with Crippen LogP contribution in [-0.2, 0) is 16.1 Å². The van der Waals surface area contributed by atoms with E-state index in [0.717, 1.165) is 29.7 Å². The van der Waals surface area contributed by atoms with Crippen molar-refractivity contribution in [2.75, 3.05) is 13.1 Å². The highest BCUT2D eigenvalue weighted by molar-refractivity contribution is 6.30. The first kappa shape index (κ1) is 26.5. The number of ether oxygens (including phenoxy) is 2. The van der Waals surface area contributed by atoms with Gasteiger partial charge in [-0.05, 0) is 45.2 Å². The standard InChI is InChI=1S/C27H34ClN3O4/c1-5-14-26(3,4)35-25(33)31-17-16-27(19-31,15-13-22-12-11-20(2)29-23(22)28)30-24(32)34-18-21-9-7-6-8-10-21/h6-13,15H,5,14,16-19H2,1-4H3,(H,30,32)/b15-13-/t27-/m0/s1. The molecule has 0 bridgehead atoms. The number of benzene rings is 1. The summed E-state index contributed by atoms with van der Waals surface area (Å²) in [6, 6.07) is 13.2. The van der Waals surface area contributed by atoms with Crippen molar-refractivity contribution in [3.63, 3.8) is 0 Å². The first-order valence-electron chi connectivity index (χ1n) is 11.9. The van der Waals surface area contributed by atoms with Crippen molar-refractivity contribution in [2.24, 2.45) is 0 Å². The largest absolute Gasteiger partial charge is 0.445 e. The van der Waals surface area contributed by atoms with Crippen molar-refractivity contribution in [1.82, 2.24) is 15.2 Å². The van der Waals surface area contributed by atoms with Crippen LogP contribution in [0.2, 0.25) is 5.15 Å². The van der Waals surface area contributed by atoms with Crippen molar-refractivity contribution in [3.05, 3.63) is 70.5 Å². The molecule has 0 spiro atoms. The van der Waals surface area contributed by atoms with Crippen LogP contribution < -0.4 is 5.32 Å². The average molecular weight is 500 g/mol. The molecule has 188 valence electrons. The quantitative estimate of drug-likeness (QED) is 0.441. The number of hydrogen-bond acceptors (Lipinski definition) is 5. The summed E-state index contributed by atoms with van der Waals surface area (Å²) in [5, 5.41) is 3.35. The number of aromatic nitrogens is 1. The summed E-state index contributed by atoms with van der Waals surface area (Å²) in [4.78, 5) is 31.5. The van der Waals surface area contributed by atoms with E-state index in [4.69, 9.17) is 21.1 Å². The molecule has 1 fully saturated rings. The molecule has 1 atom stereocenters. The highest BCUT2D eigenvalue weighted by Crippen LogP contribution is 2.28. The predicted octanol–water partition coefficient (Wildman–Crippen LogP) is 6.14. The first-order chi connectivity index (χ1) is 16.6. The van der Waals surface area contributed by atoms with Crippen LogP contribution in [0.1, 0.15) is 56.9 Å². The van der Waals surface area contributed by atoms with Crippen LogP contribution in [0, 0.1) is 6.92 Å². The third-order valence-corrected chi connectivity index (χ3v) is 6.24. The number of hydrogen-bond donors (Lipinski definition) is 1. The van der Waals surface area contributed by atoms with Crippen LogP contribution in [-0.4, -0.2) is 46.3 Å². The molecule has 3 rings (SSSR count). The SMILES string of the molecule is CCCC(C)(C)OC(=O)N1CC[C@](/C=C\c2ccc(C)nc2Cl)(NC(=O)OCc2ccccc2)C1. The number of alkyl carbamates (subject to hydrolysis) is 1. The van der Waals surface area contributed by atoms with E-state index in [1.807, 2.05) is 75.4 Å². The Morgan fingerprint density at radius 2 is 1.97 bits per heavy atom. The van der Waals surface area contributed by atoms with Crippen LogP contribution in [0.4, 0.5) is 9.59 Å². The molecule has 8 heteroatoms. The summed E-state index contributed by atoms with van der Waals surface area (Å²) in [5.41, 5.74) is 1.03. The van der Waals surface area contributed by atoms with Crippen LogP contribution in [0.5, 0.6) is 0 Å². The van der Waals surface area contributed by atoms with Crippen LogP contribution in [0.15, 0.2) is 48.5 Å². The molecular formula is C27H34ClN3O4. The molecule has 2 amide bonds. The van der Waals surface area contributed by atoms with Gasteiger partial charge in [0.2, 0.25) is 0 Å². The number of carbonyl (C=O) groups excluding carboxylic acids is 2. The molecule has 0 aliphatic carbocycles. The lowest BCUT2D eigenvalue weighted by atomic mass is 9.97. The fourth-order valence-corrected chi connectivity index (χ4v) is 4.35. The minimum Gasteiger partial charge on any atom is -0.445 e. The maximum Gasteiger partial charge on any atom is 0.410 e. The Balaban J connectivity index is 1.75. The van der Waals surface area contributed by atoms with E-state index >= 15 is 0 Å². The molecular weight excluding hydrogens is 466 g/mol. The lowest BCUT2D eigenvalue weighted by molar-refractivity contribution is 0.0110. The molecule has 1 aromatic heterocycles. The second-order valence-corrected chi connectivity index (χ2v) is 9.92. The Morgan fingerprint density at radius 3 is 2.66 bits per heavy atom. The zero-order chi connectivity index (χ0) is 25.5. The second-order valence-electron chi connectivity index (χ2n) is 9.56. The van der Waals surface area contributed by atoms with Gasteiger partial charge in [-0.15, -0.1) is 0 Å². The molecule has 1 aliphatic rings. The molecule has 1 saturated heterocycles. The molecule has 7 nitrogen and oxygen atoms in total. The number of nitrogens with zero attached hydrogens (tertiary/aromatic N) is 2. The third-order valence-electron chi connectivity index (χ3n) is 5.94. The van der Waals surface area contributed by atoms with Gasteiger partial charge in [-0.1, -0.05) is 73.5 Å². The molecule has 2 heterocycles. The second kappa shape index (κ2) is 11.6. The molecule has 2 aromatic rings. The lowest BCUT2D eigenvalue weighted by Crippen LogP contribution is -2.50. The zero-order valence-corrected chi connectivity index (χ0v) is 21.6. The van der Waals surface area contributed by atoms with Crippen molar-refractivity contribution in [3.8, 4) is 0 Å². The van der Waals surface area contributed by atoms with Crippen LogP contribution >= 0.6 is 11.6 Å². The summed E-state index contributed by atoms with van der Waals surface area (Å²) < 4.78 is 11.2. The van der Waals surface area contributed by atoms with Crippen LogP contribution in [0.25, 0.3) is 6.08 Å². The highest BCUT2D eigenvalue weighted by Gasteiger charge is 2.41. The summed E-state index contributed by atoms with van der Waals surface area (Å²) in [6.07, 6.45) is 4.90. The fourth-order valence-electron chi connectivity index (χ4n) is 4.09. The topological polar surface area (TPSA) is 80.8 Å². The number of nitrogens with one attached hydrogen (secondary N) is 1. The van der Waals surface area contributed by atoms with E-state index in [9.17, 15) is 9.59 Å². The Hall–Kier alpha value is -3.06. The molecule has 0 unspecified atom stereocenters. The summed E-state index contributed by atoms with van der Waals surface area (Å²) >= 11 is 6.31. The molecule has 0 radical (unpaired) electrons. The van der Waals surface area contributed by atoms with E-state index in [2.05, 4.69) is 17.2 Å². The molecule has 1 aromatic carbocycles. The zero-order valence-electron chi connectivity index (χ0n) is 20.8. The molecule has 1 aliphatic heterocycles. The van der Waals surface area contributed by atoms with Gasteiger partial charge in [-0.2, -0.15) is 0 Å². The monoisotopic (exact) mass is 499 g/mol. The minimum absolute atomic E-state index is 0.150. The van der Waals surface area contributed by atoms with E-state index in [0.29, 0.717) is 18.1 Å². The van der Waals surface area contributed by atoms with E-state index in [1.165, 1.54) is 0 Å². The number of amides is 2. The first-order valence-corrected chi connectivity index (χ1v) is 12.3. The van der Waals surface area contributed by atoms with Crippen molar-refractivity contribution in [2.45, 2.75) is 64.7 Å². The van der Waals surface area contributed by atoms with E-state index in [-0.39, 0.29) is 13.2 Å². The molecule has 1 N–H and O–H groups in total. The van der Waals surface area contributed by atoms with Gasteiger partial charge in [-0.25, -0.2) is 14.6 Å². The molecule has 0 saturated carbocycles. The summed E-state index contributed by atoms with van der Waals surface area (Å²) in [6.45, 7) is 8.57.